The van der Waals surface area contributed by atoms with E-state index in [1.54, 1.807) is 24.2 Å². The number of hydrogen-bond acceptors (Lipinski definition) is 4. The first-order valence-corrected chi connectivity index (χ1v) is 6.36. The zero-order chi connectivity index (χ0) is 12.5. The Hall–Kier alpha value is -2.01. The maximum Gasteiger partial charge on any atom is 0.172 e. The number of anilines is 1. The van der Waals surface area contributed by atoms with Gasteiger partial charge in [0.25, 0.3) is 0 Å². The molecule has 0 aliphatic rings. The van der Waals surface area contributed by atoms with Crippen LogP contribution in [0.1, 0.15) is 0 Å². The Balaban J connectivity index is 2.08. The molecule has 0 atom stereocenters. The molecule has 3 aromatic rings. The van der Waals surface area contributed by atoms with E-state index < -0.39 is 0 Å². The topological polar surface area (TPSA) is 56.7 Å². The molecule has 2 heterocycles. The standard InChI is InChI=1S/C13H12N4S/c1-17-8-7-16-13(17)18-11-5-4-10-9(12(11)14)3-2-6-15-10/h2-8H,14H2,1H3. The lowest BCUT2D eigenvalue weighted by molar-refractivity contribution is 0.790. The second-order valence-electron chi connectivity index (χ2n) is 3.97. The number of nitrogen functional groups attached to an aromatic ring is 1. The van der Waals surface area contributed by atoms with Crippen molar-refractivity contribution in [2.75, 3.05) is 5.73 Å². The van der Waals surface area contributed by atoms with Crippen molar-refractivity contribution in [2.45, 2.75) is 10.1 Å². The van der Waals surface area contributed by atoms with Crippen LogP contribution in [0.2, 0.25) is 0 Å². The Morgan fingerprint density at radius 3 is 2.83 bits per heavy atom. The molecular weight excluding hydrogens is 244 g/mol. The van der Waals surface area contributed by atoms with E-state index in [-0.39, 0.29) is 0 Å². The van der Waals surface area contributed by atoms with E-state index >= 15 is 0 Å². The van der Waals surface area contributed by atoms with Gasteiger partial charge in [0, 0.05) is 35.9 Å². The smallest absolute Gasteiger partial charge is 0.172 e. The summed E-state index contributed by atoms with van der Waals surface area (Å²) in [6.45, 7) is 0. The molecule has 4 nitrogen and oxygen atoms in total. The summed E-state index contributed by atoms with van der Waals surface area (Å²) in [6, 6.07) is 7.86. The number of imidazole rings is 1. The molecule has 2 N–H and O–H groups in total. The Labute approximate surface area is 109 Å². The Kier molecular flexibility index (Phi) is 2.68. The number of hydrogen-bond donors (Lipinski definition) is 1. The molecule has 1 aromatic carbocycles. The van der Waals surface area contributed by atoms with Crippen LogP contribution in [0, 0.1) is 0 Å². The predicted octanol–water partition coefficient (Wildman–Crippen LogP) is 2.70. The van der Waals surface area contributed by atoms with Gasteiger partial charge >= 0.3 is 0 Å². The van der Waals surface area contributed by atoms with E-state index in [9.17, 15) is 0 Å². The minimum atomic E-state index is 0.758. The third kappa shape index (κ3) is 1.82. The fourth-order valence-electron chi connectivity index (χ4n) is 1.79. The lowest BCUT2D eigenvalue weighted by Gasteiger charge is -2.07. The van der Waals surface area contributed by atoms with Gasteiger partial charge in [-0.15, -0.1) is 0 Å². The van der Waals surface area contributed by atoms with Gasteiger partial charge in [-0.1, -0.05) is 0 Å². The van der Waals surface area contributed by atoms with Crippen LogP contribution in [0.5, 0.6) is 0 Å². The Morgan fingerprint density at radius 2 is 2.06 bits per heavy atom. The van der Waals surface area contributed by atoms with E-state index in [0.29, 0.717) is 0 Å². The van der Waals surface area contributed by atoms with Gasteiger partial charge in [0.1, 0.15) is 0 Å². The van der Waals surface area contributed by atoms with Crippen LogP contribution in [0.15, 0.2) is 52.9 Å². The largest absolute Gasteiger partial charge is 0.397 e. The molecule has 0 fully saturated rings. The third-order valence-corrected chi connectivity index (χ3v) is 3.92. The minimum absolute atomic E-state index is 0.758. The minimum Gasteiger partial charge on any atom is -0.397 e. The molecule has 0 saturated heterocycles. The van der Waals surface area contributed by atoms with Crippen molar-refractivity contribution >= 4 is 28.4 Å². The maximum absolute atomic E-state index is 6.19. The average molecular weight is 256 g/mol. The predicted molar refractivity (Wildman–Crippen MR) is 73.5 cm³/mol. The van der Waals surface area contributed by atoms with Crippen LogP contribution in [0.25, 0.3) is 10.9 Å². The van der Waals surface area contributed by atoms with E-state index in [4.69, 9.17) is 5.73 Å². The molecule has 0 radical (unpaired) electrons. The van der Waals surface area contributed by atoms with Gasteiger partial charge in [-0.3, -0.25) is 4.98 Å². The van der Waals surface area contributed by atoms with Crippen LogP contribution >= 0.6 is 11.8 Å². The Morgan fingerprint density at radius 1 is 1.17 bits per heavy atom. The van der Waals surface area contributed by atoms with Crippen LogP contribution in [-0.4, -0.2) is 14.5 Å². The van der Waals surface area contributed by atoms with Gasteiger partial charge in [0.15, 0.2) is 5.16 Å². The van der Waals surface area contributed by atoms with Gasteiger partial charge in [-0.25, -0.2) is 4.98 Å². The highest BCUT2D eigenvalue weighted by atomic mass is 32.2. The van der Waals surface area contributed by atoms with Gasteiger partial charge in [0.05, 0.1) is 11.2 Å². The molecule has 0 unspecified atom stereocenters. The van der Waals surface area contributed by atoms with Gasteiger partial charge in [-0.2, -0.15) is 0 Å². The molecule has 0 amide bonds. The van der Waals surface area contributed by atoms with Crippen molar-refractivity contribution in [3.63, 3.8) is 0 Å². The molecule has 90 valence electrons. The van der Waals surface area contributed by atoms with Crippen molar-refractivity contribution < 1.29 is 0 Å². The number of nitrogens with zero attached hydrogens (tertiary/aromatic N) is 3. The van der Waals surface area contributed by atoms with Crippen molar-refractivity contribution in [1.29, 1.82) is 0 Å². The number of rotatable bonds is 2. The summed E-state index contributed by atoms with van der Waals surface area (Å²) < 4.78 is 1.97. The summed E-state index contributed by atoms with van der Waals surface area (Å²) in [5, 5.41) is 1.90. The Bertz CT molecular complexity index is 705. The number of aromatic nitrogens is 3. The first kappa shape index (κ1) is 11.1. The number of nitrogens with two attached hydrogens (primary N) is 1. The zero-order valence-electron chi connectivity index (χ0n) is 9.87. The first-order valence-electron chi connectivity index (χ1n) is 5.54. The summed E-state index contributed by atoms with van der Waals surface area (Å²) in [6.07, 6.45) is 5.47. The number of benzene rings is 1. The summed E-state index contributed by atoms with van der Waals surface area (Å²) in [7, 11) is 1.97. The number of pyridine rings is 1. The number of fused-ring (bicyclic) bond motifs is 1. The maximum atomic E-state index is 6.19. The normalized spacial score (nSPS) is 10.9. The van der Waals surface area contributed by atoms with Gasteiger partial charge in [0.2, 0.25) is 0 Å². The molecular formula is C13H12N4S. The summed E-state index contributed by atoms with van der Waals surface area (Å²) in [5.74, 6) is 0. The van der Waals surface area contributed by atoms with Crippen molar-refractivity contribution in [1.82, 2.24) is 14.5 Å². The first-order chi connectivity index (χ1) is 8.75. The zero-order valence-corrected chi connectivity index (χ0v) is 10.7. The number of aryl methyl sites for hydroxylation is 1. The SMILES string of the molecule is Cn1ccnc1Sc1ccc2ncccc2c1N. The quantitative estimate of drug-likeness (QED) is 0.716. The molecule has 3 rings (SSSR count). The van der Waals surface area contributed by atoms with Crippen LogP contribution < -0.4 is 5.73 Å². The molecule has 0 spiro atoms. The molecule has 5 heteroatoms. The third-order valence-electron chi connectivity index (χ3n) is 2.76. The van der Waals surface area contributed by atoms with Crippen LogP contribution in [0.4, 0.5) is 5.69 Å². The van der Waals surface area contributed by atoms with Gasteiger partial charge in [-0.05, 0) is 36.0 Å². The van der Waals surface area contributed by atoms with E-state index in [2.05, 4.69) is 9.97 Å². The fourth-order valence-corrected chi connectivity index (χ4v) is 2.66. The lowest BCUT2D eigenvalue weighted by atomic mass is 10.2. The fraction of sp³-hybridized carbons (Fsp3) is 0.0769. The molecule has 18 heavy (non-hydrogen) atoms. The second kappa shape index (κ2) is 4.34. The van der Waals surface area contributed by atoms with Gasteiger partial charge < -0.3 is 10.3 Å². The molecule has 2 aromatic heterocycles. The molecule has 0 aliphatic carbocycles. The molecule has 0 bridgehead atoms. The van der Waals surface area contributed by atoms with E-state index in [1.165, 1.54) is 0 Å². The second-order valence-corrected chi connectivity index (χ2v) is 4.98. The van der Waals surface area contributed by atoms with E-state index in [0.717, 1.165) is 26.6 Å². The average Bonchev–Trinajstić information content (AvgIpc) is 2.79. The van der Waals surface area contributed by atoms with Crippen molar-refractivity contribution in [2.24, 2.45) is 7.05 Å². The monoisotopic (exact) mass is 256 g/mol. The summed E-state index contributed by atoms with van der Waals surface area (Å²) in [5.41, 5.74) is 7.86. The molecule has 0 aliphatic heterocycles. The summed E-state index contributed by atoms with van der Waals surface area (Å²) >= 11 is 1.56. The lowest BCUT2D eigenvalue weighted by Crippen LogP contribution is -1.94. The van der Waals surface area contributed by atoms with Crippen LogP contribution in [-0.2, 0) is 7.05 Å². The van der Waals surface area contributed by atoms with Crippen molar-refractivity contribution in [3.05, 3.63) is 42.9 Å². The van der Waals surface area contributed by atoms with Crippen LogP contribution in [0.3, 0.4) is 0 Å². The highest BCUT2D eigenvalue weighted by Crippen LogP contribution is 2.34. The highest BCUT2D eigenvalue weighted by molar-refractivity contribution is 7.99. The van der Waals surface area contributed by atoms with Crippen molar-refractivity contribution in [3.8, 4) is 0 Å². The highest BCUT2D eigenvalue weighted by Gasteiger charge is 2.08. The summed E-state index contributed by atoms with van der Waals surface area (Å²) in [4.78, 5) is 9.58. The van der Waals surface area contributed by atoms with E-state index in [1.807, 2.05) is 42.1 Å². The molecule has 0 saturated carbocycles.